The minimum Gasteiger partial charge on any atom is -0.500 e. The molecule has 0 saturated heterocycles. The van der Waals surface area contributed by atoms with E-state index in [1.54, 1.807) is 7.11 Å². The fourth-order valence-corrected chi connectivity index (χ4v) is 6.00. The van der Waals surface area contributed by atoms with Crippen LogP contribution in [0.25, 0.3) is 0 Å². The van der Waals surface area contributed by atoms with Crippen LogP contribution in [0, 0.1) is 0 Å². The molecule has 1 aromatic carbocycles. The predicted octanol–water partition coefficient (Wildman–Crippen LogP) is 5.22. The Balaban J connectivity index is 1.94. The van der Waals surface area contributed by atoms with E-state index in [1.807, 2.05) is 7.11 Å². The molecule has 124 valence electrons. The fourth-order valence-electron chi connectivity index (χ4n) is 3.88. The maximum atomic E-state index is 6.19. The Morgan fingerprint density at radius 1 is 1.04 bits per heavy atom. The Bertz CT molecular complexity index is 560. The van der Waals surface area contributed by atoms with Gasteiger partial charge >= 0.3 is 0 Å². The Hall–Kier alpha value is -1.11. The highest BCUT2D eigenvalue weighted by atomic mass is 31.1. The van der Waals surface area contributed by atoms with Gasteiger partial charge in [-0.1, -0.05) is 64.3 Å². The van der Waals surface area contributed by atoms with Crippen LogP contribution in [0.2, 0.25) is 0 Å². The van der Waals surface area contributed by atoms with Gasteiger partial charge in [0, 0.05) is 7.11 Å². The Morgan fingerprint density at radius 3 is 2.43 bits per heavy atom. The van der Waals surface area contributed by atoms with Crippen LogP contribution in [0.4, 0.5) is 0 Å². The first-order chi connectivity index (χ1) is 11.3. The number of benzene rings is 1. The van der Waals surface area contributed by atoms with Crippen molar-refractivity contribution in [1.29, 1.82) is 0 Å². The molecule has 23 heavy (non-hydrogen) atoms. The fraction of sp³-hybridized carbons (Fsp3) is 0.500. The molecule has 3 atom stereocenters. The van der Waals surface area contributed by atoms with E-state index in [4.69, 9.17) is 9.47 Å². The Kier molecular flexibility index (Phi) is 5.56. The first-order valence-electron chi connectivity index (χ1n) is 8.60. The summed E-state index contributed by atoms with van der Waals surface area (Å²) in [7, 11) is 4.39. The molecule has 3 unspecified atom stereocenters. The van der Waals surface area contributed by atoms with Gasteiger partial charge < -0.3 is 9.47 Å². The summed E-state index contributed by atoms with van der Waals surface area (Å²) < 4.78 is 11.9. The van der Waals surface area contributed by atoms with Gasteiger partial charge in [0.15, 0.2) is 0 Å². The number of hydrogen-bond acceptors (Lipinski definition) is 2. The van der Waals surface area contributed by atoms with E-state index in [0.717, 1.165) is 20.0 Å². The summed E-state index contributed by atoms with van der Waals surface area (Å²) in [6.07, 6.45) is 13.3. The lowest BCUT2D eigenvalue weighted by Crippen LogP contribution is -2.37. The molecule has 1 fully saturated rings. The van der Waals surface area contributed by atoms with Crippen molar-refractivity contribution < 1.29 is 9.47 Å². The van der Waals surface area contributed by atoms with Crippen molar-refractivity contribution >= 4 is 8.58 Å². The second-order valence-corrected chi connectivity index (χ2v) is 8.34. The molecule has 3 rings (SSSR count). The zero-order valence-corrected chi connectivity index (χ0v) is 15.1. The average molecular weight is 330 g/mol. The summed E-state index contributed by atoms with van der Waals surface area (Å²) in [6.45, 7) is 0. The van der Waals surface area contributed by atoms with Crippen molar-refractivity contribution in [2.45, 2.75) is 49.0 Å². The Labute approximate surface area is 141 Å². The number of rotatable bonds is 5. The minimum absolute atomic E-state index is 0.143. The number of hydrogen-bond donors (Lipinski definition) is 0. The summed E-state index contributed by atoms with van der Waals surface area (Å²) in [5, 5.41) is -0.274. The van der Waals surface area contributed by atoms with Crippen molar-refractivity contribution in [1.82, 2.24) is 0 Å². The molecule has 0 radical (unpaired) electrons. The minimum atomic E-state index is -0.274. The van der Waals surface area contributed by atoms with Crippen molar-refractivity contribution in [2.75, 3.05) is 14.2 Å². The molecular weight excluding hydrogens is 303 g/mol. The third-order valence-corrected chi connectivity index (χ3v) is 7.16. The van der Waals surface area contributed by atoms with E-state index in [-0.39, 0.29) is 11.3 Å². The lowest BCUT2D eigenvalue weighted by Gasteiger charge is -2.42. The Morgan fingerprint density at radius 2 is 1.78 bits per heavy atom. The zero-order valence-electron chi connectivity index (χ0n) is 14.1. The second kappa shape index (κ2) is 7.64. The van der Waals surface area contributed by atoms with Gasteiger partial charge in [-0.05, 0) is 36.2 Å². The topological polar surface area (TPSA) is 18.5 Å². The normalized spacial score (nSPS) is 29.0. The number of methoxy groups -OCH3 is 2. The van der Waals surface area contributed by atoms with Gasteiger partial charge in [0.1, 0.15) is 11.1 Å². The third-order valence-electron chi connectivity index (χ3n) is 5.06. The van der Waals surface area contributed by atoms with Crippen LogP contribution in [0.1, 0.15) is 43.6 Å². The largest absolute Gasteiger partial charge is 0.500 e. The molecule has 0 heterocycles. The highest BCUT2D eigenvalue weighted by Gasteiger charge is 2.44. The van der Waals surface area contributed by atoms with Crippen LogP contribution in [0.5, 0.6) is 0 Å². The standard InChI is InChI=1S/C20H27O2P/c1-21-18-14-9-15-20(22-2,23-17-12-7-4-8-13-17)19(18)16-10-5-3-6-11-16/h3,5-6,9-11,14-15,17,19,23H,4,7-8,12-13H2,1-2H3. The van der Waals surface area contributed by atoms with Crippen LogP contribution in [0.3, 0.4) is 0 Å². The molecule has 2 aliphatic carbocycles. The molecule has 0 amide bonds. The van der Waals surface area contributed by atoms with Crippen molar-refractivity contribution in [3.63, 3.8) is 0 Å². The molecule has 0 spiro atoms. The SMILES string of the molecule is COC1=CC=CC(OC)(PC2CCCCC2)C1c1ccccc1. The molecule has 3 heteroatoms. The van der Waals surface area contributed by atoms with Gasteiger partial charge in [-0.25, -0.2) is 0 Å². The molecule has 1 aromatic rings. The maximum Gasteiger partial charge on any atom is 0.116 e. The van der Waals surface area contributed by atoms with E-state index in [1.165, 1.54) is 37.7 Å². The van der Waals surface area contributed by atoms with Gasteiger partial charge in [0.2, 0.25) is 0 Å². The molecular formula is C20H27O2P. The van der Waals surface area contributed by atoms with Gasteiger partial charge in [-0.3, -0.25) is 0 Å². The quantitative estimate of drug-likeness (QED) is 0.689. The zero-order chi connectivity index (χ0) is 16.1. The van der Waals surface area contributed by atoms with Crippen LogP contribution in [-0.2, 0) is 9.47 Å². The lowest BCUT2D eigenvalue weighted by atomic mass is 9.87. The van der Waals surface area contributed by atoms with Crippen molar-refractivity contribution in [2.24, 2.45) is 0 Å². The summed E-state index contributed by atoms with van der Waals surface area (Å²) in [5.74, 6) is 1.15. The van der Waals surface area contributed by atoms with Crippen LogP contribution in [-0.4, -0.2) is 25.2 Å². The monoisotopic (exact) mass is 330 g/mol. The molecule has 2 nitrogen and oxygen atoms in total. The number of ether oxygens (including phenoxy) is 2. The van der Waals surface area contributed by atoms with Crippen LogP contribution < -0.4 is 0 Å². The van der Waals surface area contributed by atoms with E-state index in [2.05, 4.69) is 48.6 Å². The van der Waals surface area contributed by atoms with E-state index >= 15 is 0 Å². The number of allylic oxidation sites excluding steroid dienone is 2. The summed E-state index contributed by atoms with van der Waals surface area (Å²) >= 11 is 0. The van der Waals surface area contributed by atoms with Gasteiger partial charge in [0.05, 0.1) is 13.0 Å². The maximum absolute atomic E-state index is 6.19. The second-order valence-electron chi connectivity index (χ2n) is 6.45. The predicted molar refractivity (Wildman–Crippen MR) is 98.3 cm³/mol. The molecule has 0 bridgehead atoms. The summed E-state index contributed by atoms with van der Waals surface area (Å²) in [6, 6.07) is 10.7. The van der Waals surface area contributed by atoms with E-state index in [9.17, 15) is 0 Å². The third kappa shape index (κ3) is 3.54. The van der Waals surface area contributed by atoms with Crippen LogP contribution in [0.15, 0.2) is 54.3 Å². The summed E-state index contributed by atoms with van der Waals surface area (Å²) in [4.78, 5) is 0. The van der Waals surface area contributed by atoms with Crippen LogP contribution >= 0.6 is 8.58 Å². The van der Waals surface area contributed by atoms with E-state index in [0.29, 0.717) is 0 Å². The molecule has 0 N–H and O–H groups in total. The average Bonchev–Trinajstić information content (AvgIpc) is 2.63. The first-order valence-corrected chi connectivity index (χ1v) is 9.68. The summed E-state index contributed by atoms with van der Waals surface area (Å²) in [5.41, 5.74) is 2.05. The highest BCUT2D eigenvalue weighted by Crippen LogP contribution is 2.54. The van der Waals surface area contributed by atoms with Gasteiger partial charge in [-0.15, -0.1) is 0 Å². The van der Waals surface area contributed by atoms with Crippen molar-refractivity contribution in [3.05, 3.63) is 59.9 Å². The highest BCUT2D eigenvalue weighted by molar-refractivity contribution is 7.41. The molecule has 0 aliphatic heterocycles. The molecule has 1 saturated carbocycles. The van der Waals surface area contributed by atoms with E-state index < -0.39 is 0 Å². The van der Waals surface area contributed by atoms with Gasteiger partial charge in [0.25, 0.3) is 0 Å². The molecule has 0 aromatic heterocycles. The molecule has 2 aliphatic rings. The van der Waals surface area contributed by atoms with Gasteiger partial charge in [-0.2, -0.15) is 0 Å². The van der Waals surface area contributed by atoms with Crippen molar-refractivity contribution in [3.8, 4) is 0 Å². The first kappa shape index (κ1) is 16.7. The smallest absolute Gasteiger partial charge is 0.116 e. The lowest BCUT2D eigenvalue weighted by molar-refractivity contribution is 0.0716.